The first-order chi connectivity index (χ1) is 13.7. The Bertz CT molecular complexity index is 1250. The van der Waals surface area contributed by atoms with E-state index in [9.17, 15) is 17.6 Å². The van der Waals surface area contributed by atoms with Gasteiger partial charge in [-0.3, -0.25) is 4.79 Å². The minimum Gasteiger partial charge on any atom is -0.306 e. The van der Waals surface area contributed by atoms with Gasteiger partial charge in [0.25, 0.3) is 5.91 Å². The molecule has 1 N–H and O–H groups in total. The largest absolute Gasteiger partial charge is 0.306 e. The van der Waals surface area contributed by atoms with Gasteiger partial charge in [0.15, 0.2) is 9.84 Å². The van der Waals surface area contributed by atoms with Crippen molar-refractivity contribution in [3.05, 3.63) is 75.2 Å². The highest BCUT2D eigenvalue weighted by molar-refractivity contribution is 7.90. The van der Waals surface area contributed by atoms with E-state index in [1.807, 2.05) is 32.0 Å². The number of carbonyl (C=O) groups excluding carboxylic acids is 1. The van der Waals surface area contributed by atoms with E-state index in [0.29, 0.717) is 16.9 Å². The number of sulfone groups is 1. The molecule has 0 unspecified atom stereocenters. The quantitative estimate of drug-likeness (QED) is 0.677. The van der Waals surface area contributed by atoms with Crippen molar-refractivity contribution in [2.45, 2.75) is 25.4 Å². The Kier molecular flexibility index (Phi) is 4.71. The molecule has 0 aliphatic carbocycles. The van der Waals surface area contributed by atoms with E-state index < -0.39 is 21.6 Å². The van der Waals surface area contributed by atoms with Gasteiger partial charge in [0, 0.05) is 5.56 Å². The van der Waals surface area contributed by atoms with Crippen LogP contribution in [0.1, 0.15) is 32.7 Å². The van der Waals surface area contributed by atoms with Gasteiger partial charge in [-0.1, -0.05) is 29.8 Å². The zero-order valence-electron chi connectivity index (χ0n) is 15.7. The van der Waals surface area contributed by atoms with Crippen molar-refractivity contribution in [1.82, 2.24) is 9.78 Å². The summed E-state index contributed by atoms with van der Waals surface area (Å²) in [5.74, 6) is -1.78. The number of nitrogens with one attached hydrogen (secondary N) is 1. The van der Waals surface area contributed by atoms with Crippen molar-refractivity contribution < 1.29 is 17.6 Å². The Morgan fingerprint density at radius 1 is 1.17 bits per heavy atom. The van der Waals surface area contributed by atoms with Crippen LogP contribution in [-0.2, 0) is 21.3 Å². The predicted octanol–water partition coefficient (Wildman–Crippen LogP) is 3.96. The molecule has 2 aromatic carbocycles. The third kappa shape index (κ3) is 3.42. The number of hydrogen-bond acceptors (Lipinski definition) is 4. The smallest absolute Gasteiger partial charge is 0.261 e. The van der Waals surface area contributed by atoms with Gasteiger partial charge < -0.3 is 5.32 Å². The van der Waals surface area contributed by atoms with E-state index >= 15 is 0 Å². The molecule has 9 heteroatoms. The standard InChI is InChI=1S/C20H17ClFN3O3S/c1-11-5-3-8-17(12(11)2)25-19(13-9-29(27,28)10-16(13)24-25)23-20(26)18-14(21)6-4-7-15(18)22/h3-8H,9-10H2,1-2H3,(H,23,26). The zero-order valence-corrected chi connectivity index (χ0v) is 17.2. The lowest BCUT2D eigenvalue weighted by Gasteiger charge is -2.15. The lowest BCUT2D eigenvalue weighted by atomic mass is 10.1. The first-order valence-corrected chi connectivity index (χ1v) is 11.0. The molecule has 0 radical (unpaired) electrons. The van der Waals surface area contributed by atoms with Crippen molar-refractivity contribution in [1.29, 1.82) is 0 Å². The fourth-order valence-electron chi connectivity index (χ4n) is 3.40. The second-order valence-electron chi connectivity index (χ2n) is 6.99. The minimum atomic E-state index is -3.35. The number of rotatable bonds is 3. The van der Waals surface area contributed by atoms with Crippen molar-refractivity contribution in [3.8, 4) is 5.69 Å². The molecule has 0 bridgehead atoms. The fourth-order valence-corrected chi connectivity index (χ4v) is 5.14. The van der Waals surface area contributed by atoms with Crippen molar-refractivity contribution in [2.24, 2.45) is 0 Å². The molecule has 0 saturated heterocycles. The number of anilines is 1. The third-order valence-electron chi connectivity index (χ3n) is 5.01. The number of amides is 1. The first-order valence-electron chi connectivity index (χ1n) is 8.81. The van der Waals surface area contributed by atoms with Crippen LogP contribution in [0.25, 0.3) is 5.69 Å². The van der Waals surface area contributed by atoms with E-state index in [2.05, 4.69) is 10.4 Å². The molecule has 1 aromatic heterocycles. The van der Waals surface area contributed by atoms with Gasteiger partial charge in [-0.2, -0.15) is 5.10 Å². The highest BCUT2D eigenvalue weighted by Gasteiger charge is 2.34. The highest BCUT2D eigenvalue weighted by atomic mass is 35.5. The molecule has 6 nitrogen and oxygen atoms in total. The Morgan fingerprint density at radius 2 is 1.90 bits per heavy atom. The SMILES string of the molecule is Cc1cccc(-n2nc3c(c2NC(=O)c2c(F)cccc2Cl)CS(=O)(=O)C3)c1C. The van der Waals surface area contributed by atoms with Crippen LogP contribution in [-0.4, -0.2) is 24.1 Å². The van der Waals surface area contributed by atoms with Gasteiger partial charge in [-0.15, -0.1) is 0 Å². The van der Waals surface area contributed by atoms with Crippen LogP contribution in [0.5, 0.6) is 0 Å². The molecule has 29 heavy (non-hydrogen) atoms. The zero-order chi connectivity index (χ0) is 20.9. The van der Waals surface area contributed by atoms with Crippen LogP contribution >= 0.6 is 11.6 Å². The molecule has 1 aliphatic heterocycles. The first kappa shape index (κ1) is 19.6. The van der Waals surface area contributed by atoms with Crippen molar-refractivity contribution >= 4 is 33.2 Å². The Balaban J connectivity index is 1.86. The molecule has 150 valence electrons. The van der Waals surface area contributed by atoms with Crippen LogP contribution in [0.4, 0.5) is 10.2 Å². The summed E-state index contributed by atoms with van der Waals surface area (Å²) in [6, 6.07) is 9.57. The van der Waals surface area contributed by atoms with E-state index in [1.165, 1.54) is 16.8 Å². The third-order valence-corrected chi connectivity index (χ3v) is 6.77. The molecule has 0 spiro atoms. The molecule has 3 aromatic rings. The number of fused-ring (bicyclic) bond motifs is 1. The van der Waals surface area contributed by atoms with Crippen LogP contribution in [0, 0.1) is 19.7 Å². The number of hydrogen-bond donors (Lipinski definition) is 1. The van der Waals surface area contributed by atoms with E-state index in [-0.39, 0.29) is 27.9 Å². The summed E-state index contributed by atoms with van der Waals surface area (Å²) >= 11 is 6.01. The summed E-state index contributed by atoms with van der Waals surface area (Å²) in [5, 5.41) is 7.05. The Morgan fingerprint density at radius 3 is 2.62 bits per heavy atom. The number of aromatic nitrogens is 2. The summed E-state index contributed by atoms with van der Waals surface area (Å²) in [6.45, 7) is 3.85. The lowest BCUT2D eigenvalue weighted by Crippen LogP contribution is -2.19. The molecule has 1 amide bonds. The summed E-state index contributed by atoms with van der Waals surface area (Å²) in [7, 11) is -3.35. The average molecular weight is 434 g/mol. The molecule has 0 fully saturated rings. The van der Waals surface area contributed by atoms with Crippen LogP contribution in [0.15, 0.2) is 36.4 Å². The number of halogens is 2. The monoisotopic (exact) mass is 433 g/mol. The van der Waals surface area contributed by atoms with Crippen LogP contribution < -0.4 is 5.32 Å². The van der Waals surface area contributed by atoms with Gasteiger partial charge in [-0.05, 0) is 43.2 Å². The van der Waals surface area contributed by atoms with Gasteiger partial charge >= 0.3 is 0 Å². The summed E-state index contributed by atoms with van der Waals surface area (Å²) in [6.07, 6.45) is 0. The molecule has 0 atom stereocenters. The number of nitrogens with zero attached hydrogens (tertiary/aromatic N) is 2. The van der Waals surface area contributed by atoms with Crippen molar-refractivity contribution in [3.63, 3.8) is 0 Å². The number of carbonyl (C=O) groups is 1. The molecule has 1 aliphatic rings. The van der Waals surface area contributed by atoms with Gasteiger partial charge in [-0.25, -0.2) is 17.5 Å². The topological polar surface area (TPSA) is 81.1 Å². The Labute approximate surface area is 172 Å². The average Bonchev–Trinajstić information content (AvgIpc) is 3.10. The lowest BCUT2D eigenvalue weighted by molar-refractivity contribution is 0.102. The molecular formula is C20H17ClFN3O3S. The predicted molar refractivity (Wildman–Crippen MR) is 109 cm³/mol. The summed E-state index contributed by atoms with van der Waals surface area (Å²) in [4.78, 5) is 12.8. The minimum absolute atomic E-state index is 0.0374. The molecule has 2 heterocycles. The fraction of sp³-hybridized carbons (Fsp3) is 0.200. The normalized spacial score (nSPS) is 14.6. The van der Waals surface area contributed by atoms with E-state index in [4.69, 9.17) is 11.6 Å². The second kappa shape index (κ2) is 6.96. The molecule has 0 saturated carbocycles. The van der Waals surface area contributed by atoms with Gasteiger partial charge in [0.2, 0.25) is 0 Å². The summed E-state index contributed by atoms with van der Waals surface area (Å²) in [5.41, 5.74) is 3.12. The van der Waals surface area contributed by atoms with Gasteiger partial charge in [0.1, 0.15) is 11.6 Å². The Hall–Kier alpha value is -2.71. The highest BCUT2D eigenvalue weighted by Crippen LogP contribution is 2.34. The van der Waals surface area contributed by atoms with Crippen LogP contribution in [0.2, 0.25) is 5.02 Å². The van der Waals surface area contributed by atoms with Crippen LogP contribution in [0.3, 0.4) is 0 Å². The number of benzene rings is 2. The maximum Gasteiger partial charge on any atom is 0.261 e. The second-order valence-corrected chi connectivity index (χ2v) is 9.46. The maximum atomic E-state index is 14.2. The molecular weight excluding hydrogens is 417 g/mol. The van der Waals surface area contributed by atoms with Gasteiger partial charge in [0.05, 0.1) is 33.5 Å². The molecule has 4 rings (SSSR count). The summed E-state index contributed by atoms with van der Waals surface area (Å²) < 4.78 is 39.9. The van der Waals surface area contributed by atoms with E-state index in [1.54, 1.807) is 0 Å². The van der Waals surface area contributed by atoms with Crippen molar-refractivity contribution in [2.75, 3.05) is 5.32 Å². The van der Waals surface area contributed by atoms with E-state index in [0.717, 1.165) is 17.2 Å². The maximum absolute atomic E-state index is 14.2. The number of aryl methyl sites for hydroxylation is 1.